The Labute approximate surface area is 182 Å². The first kappa shape index (κ1) is 20.8. The van der Waals surface area contributed by atoms with Gasteiger partial charge in [-0.15, -0.1) is 10.2 Å². The van der Waals surface area contributed by atoms with Gasteiger partial charge in [0, 0.05) is 31.4 Å². The van der Waals surface area contributed by atoms with Crippen LogP contribution in [0, 0.1) is 0 Å². The summed E-state index contributed by atoms with van der Waals surface area (Å²) in [5.41, 5.74) is 2.62. The van der Waals surface area contributed by atoms with Crippen LogP contribution in [0.25, 0.3) is 5.65 Å². The monoisotopic (exact) mass is 419 g/mol. The van der Waals surface area contributed by atoms with Crippen molar-refractivity contribution >= 4 is 17.5 Å². The first-order valence-electron chi connectivity index (χ1n) is 10.9. The van der Waals surface area contributed by atoms with E-state index in [1.807, 2.05) is 64.9 Å². The molecule has 3 heterocycles. The summed E-state index contributed by atoms with van der Waals surface area (Å²) >= 11 is 0. The highest BCUT2D eigenvalue weighted by Gasteiger charge is 2.17. The summed E-state index contributed by atoms with van der Waals surface area (Å²) in [5.74, 6) is 1.66. The predicted octanol–water partition coefficient (Wildman–Crippen LogP) is 2.61. The van der Waals surface area contributed by atoms with Crippen LogP contribution in [-0.2, 0) is 13.1 Å². The van der Waals surface area contributed by atoms with Crippen molar-refractivity contribution in [3.8, 4) is 0 Å². The fourth-order valence-electron chi connectivity index (χ4n) is 3.72. The molecule has 0 atom stereocenters. The van der Waals surface area contributed by atoms with E-state index in [0.717, 1.165) is 55.1 Å². The van der Waals surface area contributed by atoms with Gasteiger partial charge in [-0.3, -0.25) is 9.20 Å². The molecule has 8 heteroatoms. The Morgan fingerprint density at radius 1 is 1.03 bits per heavy atom. The van der Waals surface area contributed by atoms with E-state index in [1.54, 1.807) is 0 Å². The molecule has 1 aliphatic rings. The highest BCUT2D eigenvalue weighted by atomic mass is 16.2. The Kier molecular flexibility index (Phi) is 6.76. The second-order valence-electron chi connectivity index (χ2n) is 7.64. The summed E-state index contributed by atoms with van der Waals surface area (Å²) in [6.45, 7) is 5.56. The summed E-state index contributed by atoms with van der Waals surface area (Å²) in [4.78, 5) is 19.2. The normalized spacial score (nSPS) is 14.6. The van der Waals surface area contributed by atoms with Crippen molar-refractivity contribution in [1.82, 2.24) is 30.1 Å². The quantitative estimate of drug-likeness (QED) is 0.474. The van der Waals surface area contributed by atoms with Crippen molar-refractivity contribution in [2.45, 2.75) is 39.3 Å². The first-order valence-corrected chi connectivity index (χ1v) is 10.9. The molecule has 162 valence electrons. The highest BCUT2D eigenvalue weighted by molar-refractivity contribution is 5.94. The Morgan fingerprint density at radius 3 is 2.61 bits per heavy atom. The van der Waals surface area contributed by atoms with Gasteiger partial charge in [-0.1, -0.05) is 18.2 Å². The molecule has 31 heavy (non-hydrogen) atoms. The molecule has 8 nitrogen and oxygen atoms in total. The van der Waals surface area contributed by atoms with Gasteiger partial charge in [-0.25, -0.2) is 4.99 Å². The van der Waals surface area contributed by atoms with Gasteiger partial charge in [-0.05, 0) is 56.0 Å². The van der Waals surface area contributed by atoms with Crippen molar-refractivity contribution in [3.05, 3.63) is 65.6 Å². The second-order valence-corrected chi connectivity index (χ2v) is 7.64. The fraction of sp³-hybridized carbons (Fsp3) is 0.391. The van der Waals surface area contributed by atoms with Crippen molar-refractivity contribution in [2.75, 3.05) is 19.6 Å². The Hall–Kier alpha value is -3.42. The Morgan fingerprint density at radius 2 is 1.84 bits per heavy atom. The molecule has 1 aromatic carbocycles. The number of rotatable bonds is 6. The van der Waals surface area contributed by atoms with Crippen LogP contribution >= 0.6 is 0 Å². The maximum absolute atomic E-state index is 12.6. The molecular formula is C23H29N7O. The lowest BCUT2D eigenvalue weighted by Gasteiger charge is -2.26. The number of aliphatic imine (C=N–C) groups is 1. The van der Waals surface area contributed by atoms with E-state index < -0.39 is 0 Å². The van der Waals surface area contributed by atoms with Crippen LogP contribution in [0.4, 0.5) is 0 Å². The van der Waals surface area contributed by atoms with Gasteiger partial charge < -0.3 is 15.5 Å². The van der Waals surface area contributed by atoms with Crippen molar-refractivity contribution in [3.63, 3.8) is 0 Å². The summed E-state index contributed by atoms with van der Waals surface area (Å²) in [6.07, 6.45) is 5.37. The number of aromatic nitrogens is 3. The van der Waals surface area contributed by atoms with Crippen molar-refractivity contribution < 1.29 is 4.79 Å². The first-order chi connectivity index (χ1) is 15.2. The number of fused-ring (bicyclic) bond motifs is 1. The van der Waals surface area contributed by atoms with E-state index in [9.17, 15) is 4.79 Å². The third-order valence-corrected chi connectivity index (χ3v) is 5.41. The topological polar surface area (TPSA) is 86.9 Å². The molecular weight excluding hydrogens is 390 g/mol. The number of carbonyl (C=O) groups excluding carboxylic acids is 1. The van der Waals surface area contributed by atoms with Crippen LogP contribution in [0.1, 0.15) is 47.9 Å². The molecule has 1 aliphatic heterocycles. The molecule has 0 saturated carbocycles. The molecule has 0 unspecified atom stereocenters. The summed E-state index contributed by atoms with van der Waals surface area (Å²) in [7, 11) is 0. The molecule has 0 radical (unpaired) electrons. The van der Waals surface area contributed by atoms with Crippen molar-refractivity contribution in [1.29, 1.82) is 0 Å². The number of nitrogens with one attached hydrogen (secondary N) is 2. The van der Waals surface area contributed by atoms with Gasteiger partial charge in [0.25, 0.3) is 5.91 Å². The number of likely N-dealkylation sites (tertiary alicyclic amines) is 1. The molecule has 0 bridgehead atoms. The number of guanidine groups is 1. The average Bonchev–Trinajstić information content (AvgIpc) is 3.24. The van der Waals surface area contributed by atoms with Crippen molar-refractivity contribution in [2.24, 2.45) is 4.99 Å². The lowest BCUT2D eigenvalue weighted by Crippen LogP contribution is -2.37. The number of hydrogen-bond donors (Lipinski definition) is 2. The fourth-order valence-corrected chi connectivity index (χ4v) is 3.72. The molecule has 1 saturated heterocycles. The number of nitrogens with zero attached hydrogens (tertiary/aromatic N) is 5. The molecule has 3 aromatic rings. The Balaban J connectivity index is 1.37. The van der Waals surface area contributed by atoms with Crippen LogP contribution in [0.15, 0.2) is 53.7 Å². The van der Waals surface area contributed by atoms with Gasteiger partial charge in [0.2, 0.25) is 0 Å². The van der Waals surface area contributed by atoms with Gasteiger partial charge in [0.1, 0.15) is 0 Å². The molecule has 0 aliphatic carbocycles. The summed E-state index contributed by atoms with van der Waals surface area (Å²) < 4.78 is 1.95. The number of benzene rings is 1. The lowest BCUT2D eigenvalue weighted by molar-refractivity contribution is 0.0724. The van der Waals surface area contributed by atoms with E-state index in [2.05, 4.69) is 25.8 Å². The maximum atomic E-state index is 12.6. The number of piperidine rings is 1. The minimum atomic E-state index is 0.130. The minimum Gasteiger partial charge on any atom is -0.357 e. The van der Waals surface area contributed by atoms with Crippen LogP contribution in [0.2, 0.25) is 0 Å². The minimum absolute atomic E-state index is 0.130. The third-order valence-electron chi connectivity index (χ3n) is 5.41. The predicted molar refractivity (Wildman–Crippen MR) is 121 cm³/mol. The van der Waals surface area contributed by atoms with E-state index in [0.29, 0.717) is 19.0 Å². The number of pyridine rings is 1. The smallest absolute Gasteiger partial charge is 0.253 e. The zero-order valence-corrected chi connectivity index (χ0v) is 17.9. The molecule has 2 aromatic heterocycles. The molecule has 4 rings (SSSR count). The second kappa shape index (κ2) is 10.1. The molecule has 1 fully saturated rings. The lowest BCUT2D eigenvalue weighted by atomic mass is 10.1. The van der Waals surface area contributed by atoms with E-state index in [1.165, 1.54) is 6.42 Å². The van der Waals surface area contributed by atoms with Crippen LogP contribution in [-0.4, -0.2) is 51.0 Å². The van der Waals surface area contributed by atoms with E-state index in [-0.39, 0.29) is 5.91 Å². The largest absolute Gasteiger partial charge is 0.357 e. The summed E-state index contributed by atoms with van der Waals surface area (Å²) in [5, 5.41) is 15.0. The van der Waals surface area contributed by atoms with E-state index in [4.69, 9.17) is 0 Å². The number of hydrogen-bond acceptors (Lipinski definition) is 4. The highest BCUT2D eigenvalue weighted by Crippen LogP contribution is 2.14. The number of carbonyl (C=O) groups is 1. The van der Waals surface area contributed by atoms with Gasteiger partial charge in [-0.2, -0.15) is 0 Å². The molecule has 2 N–H and O–H groups in total. The van der Waals surface area contributed by atoms with Gasteiger partial charge >= 0.3 is 0 Å². The maximum Gasteiger partial charge on any atom is 0.253 e. The van der Waals surface area contributed by atoms with Crippen LogP contribution in [0.3, 0.4) is 0 Å². The zero-order valence-electron chi connectivity index (χ0n) is 17.9. The van der Waals surface area contributed by atoms with Gasteiger partial charge in [0.15, 0.2) is 17.4 Å². The van der Waals surface area contributed by atoms with Crippen LogP contribution < -0.4 is 10.6 Å². The molecule has 1 amide bonds. The average molecular weight is 420 g/mol. The SMILES string of the molecule is CCNC(=NCc1ccc(C(=O)N2CCCCC2)cc1)NCc1nnc2ccccn12. The Bertz CT molecular complexity index is 1040. The summed E-state index contributed by atoms with van der Waals surface area (Å²) in [6, 6.07) is 13.6. The zero-order chi connectivity index (χ0) is 21.5. The number of amides is 1. The van der Waals surface area contributed by atoms with Gasteiger partial charge in [0.05, 0.1) is 13.1 Å². The van der Waals surface area contributed by atoms with E-state index >= 15 is 0 Å². The third kappa shape index (κ3) is 5.20. The van der Waals surface area contributed by atoms with Crippen LogP contribution in [0.5, 0.6) is 0 Å². The molecule has 0 spiro atoms. The standard InChI is InChI=1S/C23H29N7O/c1-2-24-23(26-17-21-28-27-20-8-4-7-15-30(20)21)25-16-18-9-11-19(12-10-18)22(31)29-13-5-3-6-14-29/h4,7-12,15H,2-3,5-6,13-14,16-17H2,1H3,(H2,24,25,26).